The maximum atomic E-state index is 13.1. The minimum Gasteiger partial charge on any atom is -0.377 e. The minimum absolute atomic E-state index is 0.202. The Hall–Kier alpha value is -0.620. The van der Waals surface area contributed by atoms with Crippen LogP contribution in [0.25, 0.3) is 0 Å². The molecular formula is C15H14BrFIN. The molecule has 4 heteroatoms. The van der Waals surface area contributed by atoms with Gasteiger partial charge in [-0.2, -0.15) is 0 Å². The summed E-state index contributed by atoms with van der Waals surface area (Å²) in [5, 5.41) is 3.47. The average molecular weight is 434 g/mol. The van der Waals surface area contributed by atoms with Crippen LogP contribution in [0.15, 0.2) is 46.9 Å². The summed E-state index contributed by atoms with van der Waals surface area (Å²) in [5.41, 5.74) is 2.20. The lowest BCUT2D eigenvalue weighted by Crippen LogP contribution is -2.10. The number of benzene rings is 2. The fourth-order valence-electron chi connectivity index (χ4n) is 1.91. The Morgan fingerprint density at radius 2 is 1.89 bits per heavy atom. The first-order chi connectivity index (χ1) is 9.10. The van der Waals surface area contributed by atoms with Gasteiger partial charge in [0.1, 0.15) is 5.82 Å². The van der Waals surface area contributed by atoms with Gasteiger partial charge in [-0.3, -0.25) is 0 Å². The summed E-state index contributed by atoms with van der Waals surface area (Å²) in [4.78, 5) is 0. The first-order valence-electron chi connectivity index (χ1n) is 6.07. The van der Waals surface area contributed by atoms with E-state index in [4.69, 9.17) is 0 Å². The Balaban J connectivity index is 2.21. The van der Waals surface area contributed by atoms with Gasteiger partial charge in [0.2, 0.25) is 0 Å². The second-order valence-corrected chi connectivity index (χ2v) is 6.36. The van der Waals surface area contributed by atoms with Crippen LogP contribution in [0.1, 0.15) is 24.9 Å². The van der Waals surface area contributed by atoms with Crippen molar-refractivity contribution >= 4 is 44.2 Å². The van der Waals surface area contributed by atoms with Gasteiger partial charge >= 0.3 is 0 Å². The van der Waals surface area contributed by atoms with Crippen LogP contribution in [0.4, 0.5) is 10.1 Å². The largest absolute Gasteiger partial charge is 0.377 e. The highest BCUT2D eigenvalue weighted by molar-refractivity contribution is 14.1. The summed E-state index contributed by atoms with van der Waals surface area (Å²) in [6, 6.07) is 13.3. The van der Waals surface area contributed by atoms with Crippen LogP contribution in [0, 0.1) is 9.39 Å². The Kier molecular flexibility index (Phi) is 5.21. The van der Waals surface area contributed by atoms with Crippen molar-refractivity contribution in [2.24, 2.45) is 0 Å². The number of hydrogen-bond donors (Lipinski definition) is 1. The molecule has 2 aromatic rings. The highest BCUT2D eigenvalue weighted by atomic mass is 127. The summed E-state index contributed by atoms with van der Waals surface area (Å²) in [7, 11) is 0. The van der Waals surface area contributed by atoms with E-state index in [0.29, 0.717) is 0 Å². The molecule has 0 spiro atoms. The monoisotopic (exact) mass is 433 g/mol. The van der Waals surface area contributed by atoms with Crippen LogP contribution in [-0.4, -0.2) is 0 Å². The van der Waals surface area contributed by atoms with E-state index in [1.54, 1.807) is 6.07 Å². The summed E-state index contributed by atoms with van der Waals surface area (Å²) < 4.78 is 15.1. The van der Waals surface area contributed by atoms with Crippen LogP contribution in [0.3, 0.4) is 0 Å². The van der Waals surface area contributed by atoms with E-state index in [1.165, 1.54) is 17.7 Å². The van der Waals surface area contributed by atoms with Gasteiger partial charge in [-0.05, 0) is 64.9 Å². The zero-order valence-corrected chi connectivity index (χ0v) is 14.2. The van der Waals surface area contributed by atoms with Gasteiger partial charge in [-0.15, -0.1) is 0 Å². The molecule has 0 bridgehead atoms. The Labute approximate surface area is 134 Å². The van der Waals surface area contributed by atoms with Crippen molar-refractivity contribution < 1.29 is 4.39 Å². The second-order valence-electron chi connectivity index (χ2n) is 4.28. The summed E-state index contributed by atoms with van der Waals surface area (Å²) in [5.74, 6) is -0.202. The molecule has 0 heterocycles. The molecule has 0 saturated carbocycles. The number of rotatable bonds is 4. The third-order valence-electron chi connectivity index (χ3n) is 2.94. The first-order valence-corrected chi connectivity index (χ1v) is 7.94. The molecule has 0 saturated heterocycles. The number of halogens is 3. The predicted octanol–water partition coefficient (Wildman–Crippen LogP) is 5.76. The highest BCUT2D eigenvalue weighted by Crippen LogP contribution is 2.27. The molecule has 2 aromatic carbocycles. The molecule has 0 amide bonds. The average Bonchev–Trinajstić information content (AvgIpc) is 2.39. The molecule has 0 fully saturated rings. The van der Waals surface area contributed by atoms with E-state index in [9.17, 15) is 4.39 Å². The lowest BCUT2D eigenvalue weighted by molar-refractivity contribution is 0.626. The van der Waals surface area contributed by atoms with Gasteiger partial charge in [0.05, 0.1) is 6.04 Å². The predicted molar refractivity (Wildman–Crippen MR) is 89.9 cm³/mol. The van der Waals surface area contributed by atoms with Gasteiger partial charge in [-0.1, -0.05) is 35.0 Å². The molecule has 1 atom stereocenters. The number of nitrogens with one attached hydrogen (secondary N) is 1. The minimum atomic E-state index is -0.202. The molecule has 0 aromatic heterocycles. The Bertz CT molecular complexity index is 557. The van der Waals surface area contributed by atoms with E-state index < -0.39 is 0 Å². The van der Waals surface area contributed by atoms with Crippen LogP contribution in [-0.2, 0) is 0 Å². The zero-order chi connectivity index (χ0) is 13.8. The van der Waals surface area contributed by atoms with Crippen molar-refractivity contribution in [1.82, 2.24) is 0 Å². The third-order valence-corrected chi connectivity index (χ3v) is 4.36. The quantitative estimate of drug-likeness (QED) is 0.604. The van der Waals surface area contributed by atoms with Gasteiger partial charge in [0.15, 0.2) is 0 Å². The molecule has 100 valence electrons. The van der Waals surface area contributed by atoms with Crippen molar-refractivity contribution in [2.75, 3.05) is 5.32 Å². The molecule has 2 rings (SSSR count). The Morgan fingerprint density at radius 1 is 1.21 bits per heavy atom. The van der Waals surface area contributed by atoms with Crippen LogP contribution in [0.2, 0.25) is 0 Å². The van der Waals surface area contributed by atoms with Crippen molar-refractivity contribution in [3.63, 3.8) is 0 Å². The van der Waals surface area contributed by atoms with Crippen molar-refractivity contribution in [2.45, 2.75) is 19.4 Å². The molecule has 1 nitrogen and oxygen atoms in total. The molecule has 19 heavy (non-hydrogen) atoms. The van der Waals surface area contributed by atoms with Crippen LogP contribution < -0.4 is 5.32 Å². The van der Waals surface area contributed by atoms with E-state index in [-0.39, 0.29) is 11.9 Å². The SMILES string of the molecule is CCC(Nc1ccc(F)cc1I)c1ccc(Br)cc1. The molecule has 0 aliphatic carbocycles. The smallest absolute Gasteiger partial charge is 0.124 e. The molecular weight excluding hydrogens is 420 g/mol. The highest BCUT2D eigenvalue weighted by Gasteiger charge is 2.11. The first kappa shape index (κ1) is 14.8. The third kappa shape index (κ3) is 3.92. The van der Waals surface area contributed by atoms with E-state index in [1.807, 2.05) is 12.1 Å². The van der Waals surface area contributed by atoms with Crippen molar-refractivity contribution in [3.05, 3.63) is 61.9 Å². The standard InChI is InChI=1S/C15H14BrFIN/c1-2-14(10-3-5-11(16)6-4-10)19-15-8-7-12(17)9-13(15)18/h3-9,14,19H,2H2,1H3. The van der Waals surface area contributed by atoms with Crippen molar-refractivity contribution in [3.8, 4) is 0 Å². The Morgan fingerprint density at radius 3 is 2.47 bits per heavy atom. The van der Waals surface area contributed by atoms with E-state index >= 15 is 0 Å². The molecule has 0 aliphatic heterocycles. The fraction of sp³-hybridized carbons (Fsp3) is 0.200. The lowest BCUT2D eigenvalue weighted by atomic mass is 10.0. The number of hydrogen-bond acceptors (Lipinski definition) is 1. The van der Waals surface area contributed by atoms with Gasteiger partial charge < -0.3 is 5.32 Å². The zero-order valence-electron chi connectivity index (χ0n) is 10.5. The topological polar surface area (TPSA) is 12.0 Å². The maximum absolute atomic E-state index is 13.1. The van der Waals surface area contributed by atoms with E-state index in [0.717, 1.165) is 20.2 Å². The van der Waals surface area contributed by atoms with Gasteiger partial charge in [-0.25, -0.2) is 4.39 Å². The van der Waals surface area contributed by atoms with Crippen LogP contribution >= 0.6 is 38.5 Å². The van der Waals surface area contributed by atoms with Crippen LogP contribution in [0.5, 0.6) is 0 Å². The lowest BCUT2D eigenvalue weighted by Gasteiger charge is -2.20. The maximum Gasteiger partial charge on any atom is 0.124 e. The second kappa shape index (κ2) is 6.70. The molecule has 0 aliphatic rings. The molecule has 1 unspecified atom stereocenters. The normalized spacial score (nSPS) is 12.2. The summed E-state index contributed by atoms with van der Waals surface area (Å²) in [6.07, 6.45) is 0.967. The summed E-state index contributed by atoms with van der Waals surface area (Å²) >= 11 is 5.59. The summed E-state index contributed by atoms with van der Waals surface area (Å²) in [6.45, 7) is 2.14. The van der Waals surface area contributed by atoms with Gasteiger partial charge in [0, 0.05) is 13.7 Å². The fourth-order valence-corrected chi connectivity index (χ4v) is 2.81. The molecule has 1 N–H and O–H groups in total. The van der Waals surface area contributed by atoms with E-state index in [2.05, 4.69) is 62.9 Å². The van der Waals surface area contributed by atoms with Gasteiger partial charge in [0.25, 0.3) is 0 Å². The molecule has 0 radical (unpaired) electrons. The van der Waals surface area contributed by atoms with Crippen molar-refractivity contribution in [1.29, 1.82) is 0 Å². The number of anilines is 1.